The highest BCUT2D eigenvalue weighted by Gasteiger charge is 2.49. The first-order chi connectivity index (χ1) is 28.4. The number of rotatable bonds is 2. The van der Waals surface area contributed by atoms with Crippen molar-refractivity contribution in [3.63, 3.8) is 0 Å². The smallest absolute Gasteiger partial charge is 0.333 e. The Hall–Kier alpha value is -6.20. The molecular weight excluding hydrogens is 719 g/mol. The van der Waals surface area contributed by atoms with Crippen LogP contribution in [0, 0.1) is 27.7 Å². The maximum Gasteiger partial charge on any atom is 0.333 e. The van der Waals surface area contributed by atoms with Crippen LogP contribution in [-0.4, -0.2) is 6.85 Å². The number of anilines is 5. The van der Waals surface area contributed by atoms with Crippen molar-refractivity contribution in [3.05, 3.63) is 149 Å². The quantitative estimate of drug-likeness (QED) is 0.164. The normalized spacial score (nSPS) is 16.3. The van der Waals surface area contributed by atoms with E-state index in [9.17, 15) is 0 Å². The summed E-state index contributed by atoms with van der Waals surface area (Å²) in [5.74, 6) is 1.76. The number of ether oxygens (including phenoxy) is 1. The molecule has 4 aliphatic rings. The molecule has 0 spiro atoms. The second kappa shape index (κ2) is 11.7. The number of benzene rings is 7. The van der Waals surface area contributed by atoms with Gasteiger partial charge in [-0.1, -0.05) is 100.0 Å². The predicted molar refractivity (Wildman–Crippen MR) is 247 cm³/mol. The lowest BCUT2D eigenvalue weighted by atomic mass is 9.43. The monoisotopic (exact) mass is 766 g/mol. The lowest BCUT2D eigenvalue weighted by Gasteiger charge is -2.48. The van der Waals surface area contributed by atoms with Crippen LogP contribution in [0.4, 0.5) is 28.4 Å². The van der Waals surface area contributed by atoms with Gasteiger partial charge in [-0.25, -0.2) is 0 Å². The second-order valence-corrected chi connectivity index (χ2v) is 19.0. The Morgan fingerprint density at radius 2 is 1.27 bits per heavy atom. The molecule has 0 fully saturated rings. The van der Waals surface area contributed by atoms with E-state index in [2.05, 4.69) is 180 Å². The number of hydrogen-bond acceptors (Lipinski definition) is 4. The maximum atomic E-state index is 6.78. The van der Waals surface area contributed by atoms with Gasteiger partial charge in [-0.15, -0.1) is 0 Å². The zero-order chi connectivity index (χ0) is 40.3. The summed E-state index contributed by atoms with van der Waals surface area (Å²) in [7, 11) is 0. The maximum absolute atomic E-state index is 6.78. The minimum Gasteiger partial charge on any atom is -0.456 e. The molecule has 3 aliphatic heterocycles. The summed E-state index contributed by atoms with van der Waals surface area (Å²) in [5, 5.41) is 2.27. The van der Waals surface area contributed by atoms with Crippen LogP contribution in [-0.2, 0) is 10.8 Å². The summed E-state index contributed by atoms with van der Waals surface area (Å²) in [6.45, 7) is 18.7. The largest absolute Gasteiger partial charge is 0.456 e. The first kappa shape index (κ1) is 34.8. The molecule has 0 radical (unpaired) electrons. The molecule has 1 aliphatic carbocycles. The molecule has 12 rings (SSSR count). The molecule has 59 heavy (non-hydrogen) atoms. The first-order valence-corrected chi connectivity index (χ1v) is 21.2. The molecule has 0 saturated carbocycles. The molecule has 0 amide bonds. The van der Waals surface area contributed by atoms with Crippen LogP contribution in [0.3, 0.4) is 0 Å². The van der Waals surface area contributed by atoms with Gasteiger partial charge in [0.05, 0.1) is 11.4 Å². The van der Waals surface area contributed by atoms with Crippen LogP contribution in [0.15, 0.2) is 120 Å². The molecule has 288 valence electrons. The van der Waals surface area contributed by atoms with Gasteiger partial charge in [-0.05, 0) is 149 Å². The molecule has 0 bridgehead atoms. The molecule has 1 aromatic heterocycles. The van der Waals surface area contributed by atoms with Crippen molar-refractivity contribution in [1.29, 1.82) is 0 Å². The fourth-order valence-corrected chi connectivity index (χ4v) is 11.4. The Morgan fingerprint density at radius 1 is 0.559 bits per heavy atom. The fourth-order valence-electron chi connectivity index (χ4n) is 11.4. The Morgan fingerprint density at radius 3 is 2.07 bits per heavy atom. The number of furan rings is 1. The predicted octanol–water partition coefficient (Wildman–Crippen LogP) is 13.6. The van der Waals surface area contributed by atoms with Crippen LogP contribution >= 0.6 is 0 Å². The molecule has 7 aromatic carbocycles. The summed E-state index contributed by atoms with van der Waals surface area (Å²) < 4.78 is 13.5. The van der Waals surface area contributed by atoms with Crippen molar-refractivity contribution >= 4 is 68.1 Å². The van der Waals surface area contributed by atoms with Crippen molar-refractivity contribution in [2.75, 3.05) is 9.71 Å². The number of nitrogens with zero attached hydrogens (tertiary/aromatic N) is 2. The van der Waals surface area contributed by atoms with Gasteiger partial charge in [0.1, 0.15) is 16.9 Å². The molecule has 8 aromatic rings. The molecule has 4 nitrogen and oxygen atoms in total. The second-order valence-electron chi connectivity index (χ2n) is 19.0. The van der Waals surface area contributed by atoms with Gasteiger partial charge in [0, 0.05) is 39.5 Å². The van der Waals surface area contributed by atoms with Crippen LogP contribution in [0.2, 0.25) is 0 Å². The first-order valence-electron chi connectivity index (χ1n) is 21.2. The van der Waals surface area contributed by atoms with E-state index in [1.165, 1.54) is 84.4 Å². The summed E-state index contributed by atoms with van der Waals surface area (Å²) in [4.78, 5) is 5.18. The van der Waals surface area contributed by atoms with Crippen molar-refractivity contribution in [2.45, 2.75) is 79.1 Å². The van der Waals surface area contributed by atoms with E-state index in [0.717, 1.165) is 56.9 Å². The van der Waals surface area contributed by atoms with Gasteiger partial charge < -0.3 is 18.9 Å². The molecular formula is C54H47BN2O2. The van der Waals surface area contributed by atoms with Crippen LogP contribution in [0.1, 0.15) is 73.9 Å². The zero-order valence-corrected chi connectivity index (χ0v) is 35.2. The Kier molecular flexibility index (Phi) is 6.92. The van der Waals surface area contributed by atoms with E-state index in [-0.39, 0.29) is 17.7 Å². The van der Waals surface area contributed by atoms with Crippen LogP contribution < -0.4 is 25.4 Å². The van der Waals surface area contributed by atoms with Gasteiger partial charge in [0.25, 0.3) is 0 Å². The highest BCUT2D eigenvalue weighted by Crippen LogP contribution is 2.57. The lowest BCUT2D eigenvalue weighted by molar-refractivity contribution is 0.332. The highest BCUT2D eigenvalue weighted by molar-refractivity contribution is 6.94. The zero-order valence-electron chi connectivity index (χ0n) is 35.2. The van der Waals surface area contributed by atoms with Crippen molar-refractivity contribution in [3.8, 4) is 33.8 Å². The van der Waals surface area contributed by atoms with Gasteiger partial charge in [0.15, 0.2) is 5.75 Å². The van der Waals surface area contributed by atoms with E-state index in [4.69, 9.17) is 9.15 Å². The van der Waals surface area contributed by atoms with Gasteiger partial charge in [-0.2, -0.15) is 0 Å². The molecule has 5 heteroatoms. The third-order valence-electron chi connectivity index (χ3n) is 14.2. The Labute approximate surface area is 347 Å². The van der Waals surface area contributed by atoms with E-state index in [0.29, 0.717) is 0 Å². The van der Waals surface area contributed by atoms with Crippen LogP contribution in [0.5, 0.6) is 11.5 Å². The summed E-state index contributed by atoms with van der Waals surface area (Å²) in [6, 6.07) is 43.1. The van der Waals surface area contributed by atoms with Crippen LogP contribution in [0.25, 0.3) is 44.2 Å². The summed E-state index contributed by atoms with van der Waals surface area (Å²) in [6.07, 6.45) is 2.33. The topological polar surface area (TPSA) is 28.9 Å². The van der Waals surface area contributed by atoms with Gasteiger partial charge in [-0.3, -0.25) is 0 Å². The fraction of sp³-hybridized carbons (Fsp3) is 0.222. The molecule has 0 atom stereocenters. The minimum atomic E-state index is -0.134. The lowest BCUT2D eigenvalue weighted by Crippen LogP contribution is -2.62. The molecule has 0 N–H and O–H groups in total. The van der Waals surface area contributed by atoms with E-state index < -0.39 is 0 Å². The standard InChI is InChI=1S/C54H47BN2O2/c1-30-22-32(3)50(33(4)23-30)34-25-38-36-15-13-19-48-52(36)57(42-16-10-12-18-47(42)59-48)55-41-27-37-35-14-9-11-17-46(35)58-49(37)29-44(41)56(45(26-34)51(38)55)43-28-40-39(24-31(43)2)53(5,6)20-21-54(40,7)8/h9-19,22-29H,20-21H2,1-8H3. The van der Waals surface area contributed by atoms with E-state index in [1.54, 1.807) is 0 Å². The number of aryl methyl sites for hydroxylation is 4. The van der Waals surface area contributed by atoms with E-state index >= 15 is 0 Å². The van der Waals surface area contributed by atoms with E-state index in [1.807, 2.05) is 0 Å². The average Bonchev–Trinajstić information content (AvgIpc) is 3.57. The number of fused-ring (bicyclic) bond motifs is 10. The average molecular weight is 767 g/mol. The van der Waals surface area contributed by atoms with Gasteiger partial charge in [0.2, 0.25) is 0 Å². The van der Waals surface area contributed by atoms with Crippen molar-refractivity contribution in [1.82, 2.24) is 0 Å². The third-order valence-corrected chi connectivity index (χ3v) is 14.2. The number of para-hydroxylation sites is 4. The number of hydrogen-bond donors (Lipinski definition) is 0. The minimum absolute atomic E-state index is 0.0431. The Balaban J connectivity index is 1.26. The third kappa shape index (κ3) is 4.73. The summed E-state index contributed by atoms with van der Waals surface area (Å²) >= 11 is 0. The Bertz CT molecular complexity index is 3150. The SMILES string of the molecule is Cc1cc(C)c(-c2cc3c4c(c2)N(c2cc5c(cc2C)C(C)(C)CCC5(C)C)c2cc5oc6ccccc6c5cc2B4N2c4ccccc4Oc4cccc-3c42)c(C)c1. The molecule has 0 unspecified atom stereocenters. The highest BCUT2D eigenvalue weighted by atomic mass is 16.5. The molecule has 4 heterocycles. The van der Waals surface area contributed by atoms with Crippen molar-refractivity contribution < 1.29 is 9.15 Å². The molecule has 0 saturated heterocycles. The van der Waals surface area contributed by atoms with Gasteiger partial charge >= 0.3 is 6.85 Å². The summed E-state index contributed by atoms with van der Waals surface area (Å²) in [5.41, 5.74) is 23.3. The van der Waals surface area contributed by atoms with Crippen molar-refractivity contribution in [2.24, 2.45) is 0 Å².